The van der Waals surface area contributed by atoms with Crippen LogP contribution in [0.2, 0.25) is 0 Å². The second kappa shape index (κ2) is 5.70. The number of nitriles is 1. The van der Waals surface area contributed by atoms with Gasteiger partial charge in [-0.25, -0.2) is 0 Å². The predicted octanol–water partition coefficient (Wildman–Crippen LogP) is 2.14. The fourth-order valence-corrected chi connectivity index (χ4v) is 2.54. The van der Waals surface area contributed by atoms with Gasteiger partial charge in [0.15, 0.2) is 0 Å². The van der Waals surface area contributed by atoms with E-state index < -0.39 is 0 Å². The topological polar surface area (TPSA) is 39.1 Å². The minimum Gasteiger partial charge on any atom is -0.368 e. The van der Waals surface area contributed by atoms with Crippen LogP contribution in [0.15, 0.2) is 24.3 Å². The lowest BCUT2D eigenvalue weighted by molar-refractivity contribution is 0.585. The Bertz CT molecular complexity index is 408. The number of anilines is 1. The molecule has 3 nitrogen and oxygen atoms in total. The lowest BCUT2D eigenvalue weighted by Crippen LogP contribution is -2.31. The molecule has 1 atom stereocenters. The summed E-state index contributed by atoms with van der Waals surface area (Å²) in [4.78, 5) is 2.44. The van der Waals surface area contributed by atoms with Crippen molar-refractivity contribution in [1.29, 1.82) is 5.26 Å². The van der Waals surface area contributed by atoms with Crippen molar-refractivity contribution >= 4 is 5.69 Å². The van der Waals surface area contributed by atoms with Crippen LogP contribution in [0.1, 0.15) is 24.8 Å². The minimum absolute atomic E-state index is 0.622. The molecule has 0 amide bonds. The van der Waals surface area contributed by atoms with Gasteiger partial charge in [0.2, 0.25) is 0 Å². The van der Waals surface area contributed by atoms with E-state index in [4.69, 9.17) is 5.26 Å². The molecule has 2 rings (SSSR count). The van der Waals surface area contributed by atoms with Crippen molar-refractivity contribution in [2.24, 2.45) is 0 Å². The third-order valence-electron chi connectivity index (χ3n) is 3.41. The summed E-state index contributed by atoms with van der Waals surface area (Å²) in [6.45, 7) is 2.17. The van der Waals surface area contributed by atoms with Crippen LogP contribution in [0, 0.1) is 11.3 Å². The molecular weight excluding hydrogens is 210 g/mol. The van der Waals surface area contributed by atoms with Crippen molar-refractivity contribution in [3.63, 3.8) is 0 Å². The number of benzene rings is 1. The fourth-order valence-electron chi connectivity index (χ4n) is 2.54. The van der Waals surface area contributed by atoms with Crippen LogP contribution in [0.5, 0.6) is 0 Å². The molecule has 1 unspecified atom stereocenters. The molecule has 1 aliphatic rings. The van der Waals surface area contributed by atoms with Crippen molar-refractivity contribution < 1.29 is 0 Å². The first-order valence-electron chi connectivity index (χ1n) is 6.26. The minimum atomic E-state index is 0.622. The molecule has 0 bridgehead atoms. The summed E-state index contributed by atoms with van der Waals surface area (Å²) in [6, 6.07) is 10.8. The van der Waals surface area contributed by atoms with Gasteiger partial charge in [-0.2, -0.15) is 5.26 Å². The molecule has 1 saturated heterocycles. The molecule has 0 radical (unpaired) electrons. The summed E-state index contributed by atoms with van der Waals surface area (Å²) in [5.74, 6) is 0. The van der Waals surface area contributed by atoms with E-state index in [1.165, 1.54) is 24.9 Å². The third kappa shape index (κ3) is 2.78. The number of nitrogens with one attached hydrogen (secondary N) is 1. The van der Waals surface area contributed by atoms with E-state index in [-0.39, 0.29) is 0 Å². The summed E-state index contributed by atoms with van der Waals surface area (Å²) in [5.41, 5.74) is 1.95. The SMILES string of the molecule is CNCCC1CCCN1c1cccc(C#N)c1. The maximum Gasteiger partial charge on any atom is 0.0992 e. The Morgan fingerprint density at radius 3 is 3.18 bits per heavy atom. The van der Waals surface area contributed by atoms with Crippen molar-refractivity contribution in [1.82, 2.24) is 5.32 Å². The van der Waals surface area contributed by atoms with E-state index in [2.05, 4.69) is 22.4 Å². The van der Waals surface area contributed by atoms with E-state index >= 15 is 0 Å². The molecule has 0 aromatic heterocycles. The van der Waals surface area contributed by atoms with Crippen LogP contribution < -0.4 is 10.2 Å². The lowest BCUT2D eigenvalue weighted by atomic mass is 10.1. The van der Waals surface area contributed by atoms with Crippen LogP contribution in [0.25, 0.3) is 0 Å². The van der Waals surface area contributed by atoms with Crippen molar-refractivity contribution in [3.8, 4) is 6.07 Å². The summed E-state index contributed by atoms with van der Waals surface area (Å²) < 4.78 is 0. The van der Waals surface area contributed by atoms with E-state index in [0.29, 0.717) is 6.04 Å². The molecule has 17 heavy (non-hydrogen) atoms. The molecule has 1 aromatic rings. The molecule has 1 aromatic carbocycles. The Balaban J connectivity index is 2.12. The molecule has 1 N–H and O–H groups in total. The fraction of sp³-hybridized carbons (Fsp3) is 0.500. The van der Waals surface area contributed by atoms with Gasteiger partial charge in [0.05, 0.1) is 11.6 Å². The highest BCUT2D eigenvalue weighted by Gasteiger charge is 2.24. The first kappa shape index (κ1) is 11.9. The average Bonchev–Trinajstić information content (AvgIpc) is 2.84. The van der Waals surface area contributed by atoms with Gasteiger partial charge in [0.25, 0.3) is 0 Å². The molecule has 0 saturated carbocycles. The second-order valence-electron chi connectivity index (χ2n) is 4.54. The normalized spacial score (nSPS) is 19.3. The van der Waals surface area contributed by atoms with E-state index in [0.717, 1.165) is 18.7 Å². The lowest BCUT2D eigenvalue weighted by Gasteiger charge is -2.27. The quantitative estimate of drug-likeness (QED) is 0.859. The zero-order chi connectivity index (χ0) is 12.1. The summed E-state index contributed by atoms with van der Waals surface area (Å²) in [7, 11) is 2.00. The van der Waals surface area contributed by atoms with Gasteiger partial charge in [-0.05, 0) is 51.1 Å². The van der Waals surface area contributed by atoms with Gasteiger partial charge < -0.3 is 10.2 Å². The Kier molecular flexibility index (Phi) is 4.00. The standard InChI is InChI=1S/C14H19N3/c1-16-8-7-13-6-3-9-17(13)14-5-2-4-12(10-14)11-15/h2,4-5,10,13,16H,3,6-9H2,1H3. The highest BCUT2D eigenvalue weighted by atomic mass is 15.2. The maximum atomic E-state index is 8.93. The number of nitrogens with zero attached hydrogens (tertiary/aromatic N) is 2. The molecule has 0 spiro atoms. The van der Waals surface area contributed by atoms with Gasteiger partial charge in [-0.1, -0.05) is 6.07 Å². The molecule has 90 valence electrons. The Hall–Kier alpha value is -1.53. The van der Waals surface area contributed by atoms with Gasteiger partial charge in [-0.3, -0.25) is 0 Å². The monoisotopic (exact) mass is 229 g/mol. The first-order chi connectivity index (χ1) is 8.35. The van der Waals surface area contributed by atoms with Gasteiger partial charge in [0, 0.05) is 18.3 Å². The zero-order valence-corrected chi connectivity index (χ0v) is 10.3. The molecular formula is C14H19N3. The van der Waals surface area contributed by atoms with Crippen LogP contribution in [-0.4, -0.2) is 26.2 Å². The number of hydrogen-bond donors (Lipinski definition) is 1. The summed E-state index contributed by atoms with van der Waals surface area (Å²) >= 11 is 0. The van der Waals surface area contributed by atoms with Crippen LogP contribution >= 0.6 is 0 Å². The van der Waals surface area contributed by atoms with E-state index in [1.807, 2.05) is 25.2 Å². The number of hydrogen-bond acceptors (Lipinski definition) is 3. The summed E-state index contributed by atoms with van der Waals surface area (Å²) in [5, 5.41) is 12.1. The molecule has 3 heteroatoms. The average molecular weight is 229 g/mol. The Morgan fingerprint density at radius 1 is 1.53 bits per heavy atom. The predicted molar refractivity (Wildman–Crippen MR) is 70.1 cm³/mol. The van der Waals surface area contributed by atoms with E-state index in [9.17, 15) is 0 Å². The first-order valence-corrected chi connectivity index (χ1v) is 6.26. The van der Waals surface area contributed by atoms with Crippen molar-refractivity contribution in [2.45, 2.75) is 25.3 Å². The number of rotatable bonds is 4. The third-order valence-corrected chi connectivity index (χ3v) is 3.41. The van der Waals surface area contributed by atoms with Crippen LogP contribution in [-0.2, 0) is 0 Å². The summed E-state index contributed by atoms with van der Waals surface area (Å²) in [6.07, 6.45) is 3.69. The highest BCUT2D eigenvalue weighted by molar-refractivity contribution is 5.52. The van der Waals surface area contributed by atoms with Gasteiger partial charge in [-0.15, -0.1) is 0 Å². The van der Waals surface area contributed by atoms with Gasteiger partial charge in [0.1, 0.15) is 0 Å². The smallest absolute Gasteiger partial charge is 0.0992 e. The molecule has 1 heterocycles. The molecule has 0 aliphatic carbocycles. The van der Waals surface area contributed by atoms with Crippen molar-refractivity contribution in [3.05, 3.63) is 29.8 Å². The highest BCUT2D eigenvalue weighted by Crippen LogP contribution is 2.27. The Labute approximate surface area is 103 Å². The maximum absolute atomic E-state index is 8.93. The molecule has 1 aliphatic heterocycles. The second-order valence-corrected chi connectivity index (χ2v) is 4.54. The van der Waals surface area contributed by atoms with Crippen LogP contribution in [0.3, 0.4) is 0 Å². The van der Waals surface area contributed by atoms with Crippen LogP contribution in [0.4, 0.5) is 5.69 Å². The van der Waals surface area contributed by atoms with Gasteiger partial charge >= 0.3 is 0 Å². The Morgan fingerprint density at radius 2 is 2.41 bits per heavy atom. The van der Waals surface area contributed by atoms with E-state index in [1.54, 1.807) is 0 Å². The van der Waals surface area contributed by atoms with Crippen molar-refractivity contribution in [2.75, 3.05) is 25.0 Å². The largest absolute Gasteiger partial charge is 0.368 e. The molecule has 1 fully saturated rings. The zero-order valence-electron chi connectivity index (χ0n) is 10.3.